The van der Waals surface area contributed by atoms with Crippen LogP contribution in [0.15, 0.2) is 24.3 Å². The molecule has 0 aliphatic carbocycles. The van der Waals surface area contributed by atoms with Crippen LogP contribution in [-0.4, -0.2) is 9.78 Å². The van der Waals surface area contributed by atoms with Crippen molar-refractivity contribution >= 4 is 11.6 Å². The van der Waals surface area contributed by atoms with Crippen LogP contribution in [0.1, 0.15) is 36.8 Å². The molecule has 0 fully saturated rings. The van der Waals surface area contributed by atoms with Crippen LogP contribution in [0.25, 0.3) is 0 Å². The van der Waals surface area contributed by atoms with E-state index in [1.165, 1.54) is 6.07 Å². The summed E-state index contributed by atoms with van der Waals surface area (Å²) in [6.45, 7) is 4.91. The van der Waals surface area contributed by atoms with Gasteiger partial charge in [-0.3, -0.25) is 16.0 Å². The van der Waals surface area contributed by atoms with Gasteiger partial charge in [-0.25, -0.2) is 4.39 Å². The number of aryl methyl sites for hydroxylation is 2. The molecule has 114 valence electrons. The summed E-state index contributed by atoms with van der Waals surface area (Å²) in [6.07, 6.45) is 1.52. The van der Waals surface area contributed by atoms with Crippen molar-refractivity contribution < 1.29 is 4.39 Å². The number of nitrogens with two attached hydrogens (primary N) is 1. The highest BCUT2D eigenvalue weighted by Crippen LogP contribution is 2.23. The van der Waals surface area contributed by atoms with Crippen LogP contribution in [0.3, 0.4) is 0 Å². The lowest BCUT2D eigenvalue weighted by atomic mass is 10.0. The van der Waals surface area contributed by atoms with E-state index in [-0.39, 0.29) is 11.1 Å². The first-order valence-electron chi connectivity index (χ1n) is 7.05. The number of hydrogen-bond donors (Lipinski definition) is 2. The maximum absolute atomic E-state index is 13.6. The number of nitrogens with one attached hydrogen (secondary N) is 1. The lowest BCUT2D eigenvalue weighted by Crippen LogP contribution is -2.30. The molecule has 21 heavy (non-hydrogen) atoms. The Balaban J connectivity index is 2.26. The van der Waals surface area contributed by atoms with E-state index >= 15 is 0 Å². The van der Waals surface area contributed by atoms with Crippen LogP contribution in [0.4, 0.5) is 4.39 Å². The van der Waals surface area contributed by atoms with Gasteiger partial charge in [0.05, 0.1) is 16.8 Å². The molecule has 0 aliphatic rings. The lowest BCUT2D eigenvalue weighted by Gasteiger charge is -2.17. The molecular weight excluding hydrogens is 291 g/mol. The van der Waals surface area contributed by atoms with Gasteiger partial charge in [0, 0.05) is 18.7 Å². The molecule has 3 N–H and O–H groups in total. The van der Waals surface area contributed by atoms with Crippen LogP contribution in [0.2, 0.25) is 5.02 Å². The minimum atomic E-state index is -0.437. The zero-order valence-corrected chi connectivity index (χ0v) is 13.0. The molecule has 4 nitrogen and oxygen atoms in total. The summed E-state index contributed by atoms with van der Waals surface area (Å²) >= 11 is 5.72. The fraction of sp³-hybridized carbons (Fsp3) is 0.400. The van der Waals surface area contributed by atoms with Crippen molar-refractivity contribution in [1.82, 2.24) is 15.2 Å². The molecule has 0 saturated carbocycles. The molecule has 1 atom stereocenters. The van der Waals surface area contributed by atoms with Crippen molar-refractivity contribution in [2.24, 2.45) is 5.84 Å². The third-order valence-corrected chi connectivity index (χ3v) is 3.84. The molecule has 2 rings (SSSR count). The average Bonchev–Trinajstić information content (AvgIpc) is 2.90. The zero-order valence-electron chi connectivity index (χ0n) is 12.2. The number of rotatable bonds is 6. The number of aromatic nitrogens is 2. The highest BCUT2D eigenvalue weighted by Gasteiger charge is 2.16. The van der Waals surface area contributed by atoms with Crippen LogP contribution in [-0.2, 0) is 19.4 Å². The van der Waals surface area contributed by atoms with E-state index in [1.807, 2.05) is 11.6 Å². The van der Waals surface area contributed by atoms with Crippen molar-refractivity contribution in [3.8, 4) is 0 Å². The summed E-state index contributed by atoms with van der Waals surface area (Å²) in [4.78, 5) is 0. The smallest absolute Gasteiger partial charge is 0.142 e. The van der Waals surface area contributed by atoms with Crippen molar-refractivity contribution in [1.29, 1.82) is 0 Å². The Morgan fingerprint density at radius 2 is 2.14 bits per heavy atom. The highest BCUT2D eigenvalue weighted by molar-refractivity contribution is 6.30. The molecule has 0 spiro atoms. The van der Waals surface area contributed by atoms with Crippen molar-refractivity contribution in [3.05, 3.63) is 52.1 Å². The van der Waals surface area contributed by atoms with Gasteiger partial charge in [0.25, 0.3) is 0 Å². The second kappa shape index (κ2) is 7.02. The first-order chi connectivity index (χ1) is 10.1. The minimum Gasteiger partial charge on any atom is -0.271 e. The lowest BCUT2D eigenvalue weighted by molar-refractivity contribution is 0.513. The fourth-order valence-electron chi connectivity index (χ4n) is 2.34. The largest absolute Gasteiger partial charge is 0.271 e. The van der Waals surface area contributed by atoms with Gasteiger partial charge in [0.15, 0.2) is 0 Å². The predicted octanol–water partition coefficient (Wildman–Crippen LogP) is 3.01. The van der Waals surface area contributed by atoms with E-state index < -0.39 is 5.82 Å². The number of nitrogens with zero attached hydrogens (tertiary/aromatic N) is 2. The average molecular weight is 311 g/mol. The molecule has 0 bridgehead atoms. The SMILES string of the molecule is CCc1cc(CC(NN)c2ccc(Cl)c(F)c2)n(CC)n1. The fourth-order valence-corrected chi connectivity index (χ4v) is 2.45. The molecular formula is C15H20ClFN4. The van der Waals surface area contributed by atoms with Crippen molar-refractivity contribution in [3.63, 3.8) is 0 Å². The third kappa shape index (κ3) is 3.61. The highest BCUT2D eigenvalue weighted by atomic mass is 35.5. The number of hydrogen-bond acceptors (Lipinski definition) is 3. The van der Waals surface area contributed by atoms with E-state index in [0.717, 1.165) is 29.9 Å². The van der Waals surface area contributed by atoms with Gasteiger partial charge in [-0.15, -0.1) is 0 Å². The number of halogens is 2. The van der Waals surface area contributed by atoms with Crippen LogP contribution >= 0.6 is 11.6 Å². The predicted molar refractivity (Wildman–Crippen MR) is 82.5 cm³/mol. The van der Waals surface area contributed by atoms with Gasteiger partial charge < -0.3 is 0 Å². The second-order valence-corrected chi connectivity index (χ2v) is 5.30. The monoisotopic (exact) mass is 310 g/mol. The van der Waals surface area contributed by atoms with Gasteiger partial charge in [-0.05, 0) is 37.1 Å². The Morgan fingerprint density at radius 3 is 2.71 bits per heavy atom. The van der Waals surface area contributed by atoms with Gasteiger partial charge in [0.1, 0.15) is 5.82 Å². The molecule has 0 aliphatic heterocycles. The maximum atomic E-state index is 13.6. The van der Waals surface area contributed by atoms with Gasteiger partial charge >= 0.3 is 0 Å². The van der Waals surface area contributed by atoms with Crippen molar-refractivity contribution in [2.45, 2.75) is 39.3 Å². The van der Waals surface area contributed by atoms with E-state index in [2.05, 4.69) is 23.5 Å². The Morgan fingerprint density at radius 1 is 1.38 bits per heavy atom. The third-order valence-electron chi connectivity index (χ3n) is 3.54. The summed E-state index contributed by atoms with van der Waals surface area (Å²) in [7, 11) is 0. The zero-order chi connectivity index (χ0) is 15.4. The van der Waals surface area contributed by atoms with E-state index in [4.69, 9.17) is 17.4 Å². The van der Waals surface area contributed by atoms with Gasteiger partial charge in [-0.2, -0.15) is 5.10 Å². The maximum Gasteiger partial charge on any atom is 0.142 e. The molecule has 1 heterocycles. The van der Waals surface area contributed by atoms with Crippen LogP contribution < -0.4 is 11.3 Å². The van der Waals surface area contributed by atoms with E-state index in [1.54, 1.807) is 12.1 Å². The van der Waals surface area contributed by atoms with Gasteiger partial charge in [-0.1, -0.05) is 24.6 Å². The molecule has 0 amide bonds. The summed E-state index contributed by atoms with van der Waals surface area (Å²) < 4.78 is 15.6. The van der Waals surface area contributed by atoms with Crippen LogP contribution in [0.5, 0.6) is 0 Å². The van der Waals surface area contributed by atoms with Crippen molar-refractivity contribution in [2.75, 3.05) is 0 Å². The molecule has 6 heteroatoms. The molecule has 0 radical (unpaired) electrons. The molecule has 1 aromatic carbocycles. The number of hydrazine groups is 1. The Bertz CT molecular complexity index is 612. The quantitative estimate of drug-likeness (QED) is 0.637. The summed E-state index contributed by atoms with van der Waals surface area (Å²) in [5.74, 6) is 5.20. The Labute approximate surface area is 129 Å². The topological polar surface area (TPSA) is 55.9 Å². The summed E-state index contributed by atoms with van der Waals surface area (Å²) in [6, 6.07) is 6.62. The molecule has 1 aromatic heterocycles. The number of benzene rings is 1. The Hall–Kier alpha value is -1.43. The summed E-state index contributed by atoms with van der Waals surface area (Å²) in [5, 5.41) is 4.63. The van der Waals surface area contributed by atoms with E-state index in [0.29, 0.717) is 6.42 Å². The molecule has 1 unspecified atom stereocenters. The Kier molecular flexibility index (Phi) is 5.33. The second-order valence-electron chi connectivity index (χ2n) is 4.89. The van der Waals surface area contributed by atoms with Crippen LogP contribution in [0, 0.1) is 5.82 Å². The molecule has 0 saturated heterocycles. The molecule has 2 aromatic rings. The summed E-state index contributed by atoms with van der Waals surface area (Å²) in [5.41, 5.74) is 5.63. The van der Waals surface area contributed by atoms with E-state index in [9.17, 15) is 4.39 Å². The van der Waals surface area contributed by atoms with Gasteiger partial charge in [0.2, 0.25) is 0 Å². The first kappa shape index (κ1) is 15.9. The standard InChI is InChI=1S/C15H20ClFN4/c1-3-11-8-12(21(4-2)20-11)9-15(19-18)10-5-6-13(16)14(17)7-10/h5-8,15,19H,3-4,9,18H2,1-2H3. The normalized spacial score (nSPS) is 12.6. The first-order valence-corrected chi connectivity index (χ1v) is 7.43. The minimum absolute atomic E-state index is 0.112.